The van der Waals surface area contributed by atoms with E-state index in [0.29, 0.717) is 19.6 Å². The van der Waals surface area contributed by atoms with Crippen LogP contribution in [-0.2, 0) is 36.5 Å². The van der Waals surface area contributed by atoms with Crippen molar-refractivity contribution in [2.75, 3.05) is 13.1 Å². The number of rotatable bonds is 4. The topological polar surface area (TPSA) is 90.1 Å². The normalized spacial score (nSPS) is 19.1. The van der Waals surface area contributed by atoms with E-state index in [9.17, 15) is 13.2 Å². The van der Waals surface area contributed by atoms with Crippen molar-refractivity contribution in [2.45, 2.75) is 50.2 Å². The first-order valence-corrected chi connectivity index (χ1v) is 11.0. The fourth-order valence-corrected chi connectivity index (χ4v) is 5.57. The van der Waals surface area contributed by atoms with Gasteiger partial charge in [-0.05, 0) is 50.0 Å². The molecule has 0 atom stereocenters. The van der Waals surface area contributed by atoms with Gasteiger partial charge in [0.25, 0.3) is 15.6 Å². The molecular formula is C18H25N5O3S. The number of imidazole rings is 1. The van der Waals surface area contributed by atoms with Crippen LogP contribution in [0.1, 0.15) is 36.9 Å². The quantitative estimate of drug-likeness (QED) is 0.774. The smallest absolute Gasteiger partial charge is 0.276 e. The fraction of sp³-hybridized carbons (Fsp3) is 0.611. The van der Waals surface area contributed by atoms with Gasteiger partial charge < -0.3 is 4.57 Å². The van der Waals surface area contributed by atoms with Gasteiger partial charge >= 0.3 is 0 Å². The summed E-state index contributed by atoms with van der Waals surface area (Å²) in [5, 5.41) is 4.66. The van der Waals surface area contributed by atoms with Gasteiger partial charge in [0.15, 0.2) is 0 Å². The Morgan fingerprint density at radius 1 is 1.19 bits per heavy atom. The fourth-order valence-electron chi connectivity index (χ4n) is 4.02. The van der Waals surface area contributed by atoms with Gasteiger partial charge in [-0.1, -0.05) is 0 Å². The minimum absolute atomic E-state index is 0.0429. The first kappa shape index (κ1) is 18.4. The van der Waals surface area contributed by atoms with Crippen molar-refractivity contribution in [3.8, 4) is 0 Å². The van der Waals surface area contributed by atoms with E-state index in [1.165, 1.54) is 15.1 Å². The molecule has 1 aliphatic carbocycles. The van der Waals surface area contributed by atoms with Gasteiger partial charge in [0.05, 0.1) is 5.69 Å². The molecule has 0 amide bonds. The van der Waals surface area contributed by atoms with E-state index in [1.54, 1.807) is 24.0 Å². The van der Waals surface area contributed by atoms with E-state index < -0.39 is 10.0 Å². The minimum Gasteiger partial charge on any atom is -0.324 e. The molecule has 0 unspecified atom stereocenters. The highest BCUT2D eigenvalue weighted by Gasteiger charge is 2.32. The Bertz CT molecular complexity index is 987. The molecule has 2 aliphatic rings. The van der Waals surface area contributed by atoms with Gasteiger partial charge in [-0.15, -0.1) is 0 Å². The zero-order valence-electron chi connectivity index (χ0n) is 15.5. The van der Waals surface area contributed by atoms with Crippen molar-refractivity contribution in [1.82, 2.24) is 23.6 Å². The predicted octanol–water partition coefficient (Wildman–Crippen LogP) is 0.956. The van der Waals surface area contributed by atoms with Crippen LogP contribution in [0.4, 0.5) is 0 Å². The third-order valence-corrected chi connectivity index (χ3v) is 7.53. The standard InChI is InChI=1S/C18H25N5O3S/c1-21-11-8-19-18(21)27(25,26)22-9-6-14(7-10-22)13-23-17(24)12-15-4-2-3-5-16(15)20-23/h8,11-12,14H,2-7,9-10,13H2,1H3. The Balaban J connectivity index is 1.43. The Morgan fingerprint density at radius 3 is 2.63 bits per heavy atom. The molecule has 2 aromatic rings. The average molecular weight is 391 g/mol. The van der Waals surface area contributed by atoms with E-state index in [4.69, 9.17) is 0 Å². The van der Waals surface area contributed by atoms with E-state index in [0.717, 1.165) is 49.8 Å². The monoisotopic (exact) mass is 391 g/mol. The number of hydrogen-bond donors (Lipinski definition) is 0. The van der Waals surface area contributed by atoms with Gasteiger partial charge in [0, 0.05) is 45.1 Å². The molecule has 0 saturated carbocycles. The highest BCUT2D eigenvalue weighted by atomic mass is 32.2. The van der Waals surface area contributed by atoms with Crippen LogP contribution in [0, 0.1) is 5.92 Å². The Morgan fingerprint density at radius 2 is 1.93 bits per heavy atom. The molecule has 146 valence electrons. The lowest BCUT2D eigenvalue weighted by molar-refractivity contribution is 0.242. The molecule has 27 heavy (non-hydrogen) atoms. The lowest BCUT2D eigenvalue weighted by atomic mass is 9.96. The molecule has 0 radical (unpaired) electrons. The van der Waals surface area contributed by atoms with Crippen LogP contribution in [0.25, 0.3) is 0 Å². The third-order valence-electron chi connectivity index (χ3n) is 5.63. The van der Waals surface area contributed by atoms with Crippen LogP contribution < -0.4 is 5.56 Å². The van der Waals surface area contributed by atoms with Gasteiger partial charge in [0.2, 0.25) is 5.16 Å². The summed E-state index contributed by atoms with van der Waals surface area (Å²) >= 11 is 0. The lowest BCUT2D eigenvalue weighted by Gasteiger charge is -2.31. The second-order valence-corrected chi connectivity index (χ2v) is 9.34. The van der Waals surface area contributed by atoms with Crippen LogP contribution in [0.2, 0.25) is 0 Å². The van der Waals surface area contributed by atoms with Crippen molar-refractivity contribution in [2.24, 2.45) is 13.0 Å². The number of aryl methyl sites for hydroxylation is 3. The van der Waals surface area contributed by atoms with E-state index in [-0.39, 0.29) is 16.6 Å². The zero-order chi connectivity index (χ0) is 19.0. The SMILES string of the molecule is Cn1ccnc1S(=O)(=O)N1CCC(Cn2nc3c(cc2=O)CCCC3)CC1. The van der Waals surface area contributed by atoms with E-state index in [1.807, 2.05) is 0 Å². The molecule has 1 fully saturated rings. The van der Waals surface area contributed by atoms with Crippen LogP contribution in [0.15, 0.2) is 28.4 Å². The van der Waals surface area contributed by atoms with Gasteiger partial charge in [-0.3, -0.25) is 4.79 Å². The summed E-state index contributed by atoms with van der Waals surface area (Å²) in [5.74, 6) is 0.254. The molecule has 0 N–H and O–H groups in total. The molecule has 2 aromatic heterocycles. The molecule has 1 saturated heterocycles. The van der Waals surface area contributed by atoms with Crippen molar-refractivity contribution in [1.29, 1.82) is 0 Å². The number of fused-ring (bicyclic) bond motifs is 1. The molecule has 1 aliphatic heterocycles. The van der Waals surface area contributed by atoms with Crippen molar-refractivity contribution >= 4 is 10.0 Å². The number of aromatic nitrogens is 4. The maximum absolute atomic E-state index is 12.7. The van der Waals surface area contributed by atoms with E-state index in [2.05, 4.69) is 10.1 Å². The largest absolute Gasteiger partial charge is 0.324 e. The highest BCUT2D eigenvalue weighted by Crippen LogP contribution is 2.24. The van der Waals surface area contributed by atoms with Crippen molar-refractivity contribution in [3.63, 3.8) is 0 Å². The van der Waals surface area contributed by atoms with Crippen molar-refractivity contribution in [3.05, 3.63) is 40.1 Å². The summed E-state index contributed by atoms with van der Waals surface area (Å²) in [7, 11) is -1.88. The van der Waals surface area contributed by atoms with Gasteiger partial charge in [-0.2, -0.15) is 9.40 Å². The average Bonchev–Trinajstić information content (AvgIpc) is 3.10. The van der Waals surface area contributed by atoms with Crippen molar-refractivity contribution < 1.29 is 8.42 Å². The number of sulfonamides is 1. The second-order valence-electron chi connectivity index (χ2n) is 7.51. The summed E-state index contributed by atoms with van der Waals surface area (Å²) in [6.45, 7) is 1.45. The Kier molecular flexibility index (Phi) is 4.90. The molecule has 3 heterocycles. The van der Waals surface area contributed by atoms with Crippen LogP contribution in [0.5, 0.6) is 0 Å². The maximum Gasteiger partial charge on any atom is 0.276 e. The highest BCUT2D eigenvalue weighted by molar-refractivity contribution is 7.89. The predicted molar refractivity (Wildman–Crippen MR) is 99.8 cm³/mol. The lowest BCUT2D eigenvalue weighted by Crippen LogP contribution is -2.41. The third kappa shape index (κ3) is 3.58. The van der Waals surface area contributed by atoms with E-state index >= 15 is 0 Å². The molecule has 0 aromatic carbocycles. The van der Waals surface area contributed by atoms with Crippen LogP contribution >= 0.6 is 0 Å². The Hall–Kier alpha value is -2.00. The first-order chi connectivity index (χ1) is 12.9. The van der Waals surface area contributed by atoms with Gasteiger partial charge in [0.1, 0.15) is 0 Å². The zero-order valence-corrected chi connectivity index (χ0v) is 16.4. The molecule has 9 heteroatoms. The van der Waals surface area contributed by atoms with Gasteiger partial charge in [-0.25, -0.2) is 18.1 Å². The minimum atomic E-state index is -3.56. The van der Waals surface area contributed by atoms with Crippen LogP contribution in [0.3, 0.4) is 0 Å². The molecular weight excluding hydrogens is 366 g/mol. The summed E-state index contributed by atoms with van der Waals surface area (Å²) < 4.78 is 30.0. The van der Waals surface area contributed by atoms with Crippen LogP contribution in [-0.4, -0.2) is 45.1 Å². The second kappa shape index (κ2) is 7.20. The summed E-state index contributed by atoms with van der Waals surface area (Å²) in [5.41, 5.74) is 2.10. The first-order valence-electron chi connectivity index (χ1n) is 9.52. The Labute approximate surface area is 158 Å². The molecule has 0 spiro atoms. The summed E-state index contributed by atoms with van der Waals surface area (Å²) in [4.78, 5) is 16.3. The number of piperidine rings is 1. The summed E-state index contributed by atoms with van der Waals surface area (Å²) in [6, 6.07) is 1.74. The molecule has 0 bridgehead atoms. The molecule has 4 rings (SSSR count). The number of nitrogens with zero attached hydrogens (tertiary/aromatic N) is 5. The maximum atomic E-state index is 12.7. The summed E-state index contributed by atoms with van der Waals surface area (Å²) in [6.07, 6.45) is 8.70. The number of hydrogen-bond acceptors (Lipinski definition) is 5. The molecule has 8 nitrogen and oxygen atoms in total.